The second-order valence-electron chi connectivity index (χ2n) is 8.19. The van der Waals surface area contributed by atoms with Crippen LogP contribution < -0.4 is 11.1 Å². The van der Waals surface area contributed by atoms with Gasteiger partial charge in [-0.15, -0.1) is 11.3 Å². The predicted molar refractivity (Wildman–Crippen MR) is 127 cm³/mol. The van der Waals surface area contributed by atoms with E-state index >= 15 is 0 Å². The summed E-state index contributed by atoms with van der Waals surface area (Å²) in [5, 5.41) is 4.26. The molecule has 3 aromatic heterocycles. The number of carbonyl (C=O) groups is 2. The van der Waals surface area contributed by atoms with Crippen molar-refractivity contribution in [3.63, 3.8) is 0 Å². The zero-order valence-corrected chi connectivity index (χ0v) is 18.4. The number of nitrogens with two attached hydrogens (primary N) is 1. The van der Waals surface area contributed by atoms with Crippen LogP contribution in [0.4, 0.5) is 5.00 Å². The maximum Gasteiger partial charge on any atom is 0.257 e. The van der Waals surface area contributed by atoms with Crippen LogP contribution in [0, 0.1) is 5.92 Å². The summed E-state index contributed by atoms with van der Waals surface area (Å²) in [5.41, 5.74) is 9.86. The monoisotopic (exact) mass is 442 g/mol. The minimum Gasteiger partial charge on any atom is -0.365 e. The molecular formula is C25H22N4O2S. The molecule has 32 heavy (non-hydrogen) atoms. The zero-order valence-electron chi connectivity index (χ0n) is 17.6. The molecule has 7 heteroatoms. The van der Waals surface area contributed by atoms with Crippen LogP contribution in [0.3, 0.4) is 0 Å². The molecule has 1 unspecified atom stereocenters. The highest BCUT2D eigenvalue weighted by atomic mass is 32.1. The first-order valence-electron chi connectivity index (χ1n) is 10.6. The van der Waals surface area contributed by atoms with Gasteiger partial charge in [-0.2, -0.15) is 0 Å². The molecular weight excluding hydrogens is 420 g/mol. The lowest BCUT2D eigenvalue weighted by molar-refractivity contribution is 0.1000. The standard InChI is InChI=1S/C25H22N4O2S/c1-14-8-9-17-21(11-14)32-25(22(17)23(26)30)29-24(31)18-12-20(15-5-4-10-27-13-15)28-19-7-3-2-6-16(18)19/h2-7,10,12-14H,8-9,11H2,1H3,(H2,26,30)(H,29,31). The Balaban J connectivity index is 1.58. The summed E-state index contributed by atoms with van der Waals surface area (Å²) in [6.07, 6.45) is 6.15. The highest BCUT2D eigenvalue weighted by Gasteiger charge is 2.27. The minimum atomic E-state index is -0.497. The van der Waals surface area contributed by atoms with Crippen LogP contribution in [0.5, 0.6) is 0 Å². The van der Waals surface area contributed by atoms with E-state index in [0.717, 1.165) is 40.7 Å². The van der Waals surface area contributed by atoms with Crippen molar-refractivity contribution in [1.82, 2.24) is 9.97 Å². The smallest absolute Gasteiger partial charge is 0.257 e. The summed E-state index contributed by atoms with van der Waals surface area (Å²) in [6.45, 7) is 2.20. The number of hydrogen-bond donors (Lipinski definition) is 2. The van der Waals surface area contributed by atoms with Crippen molar-refractivity contribution < 1.29 is 9.59 Å². The van der Waals surface area contributed by atoms with Crippen LogP contribution in [-0.4, -0.2) is 21.8 Å². The van der Waals surface area contributed by atoms with Crippen molar-refractivity contribution in [3.05, 3.63) is 76.4 Å². The maximum atomic E-state index is 13.5. The third-order valence-corrected chi connectivity index (χ3v) is 7.07. The quantitative estimate of drug-likeness (QED) is 0.473. The minimum absolute atomic E-state index is 0.289. The highest BCUT2D eigenvalue weighted by Crippen LogP contribution is 2.40. The molecule has 1 aliphatic rings. The highest BCUT2D eigenvalue weighted by molar-refractivity contribution is 7.17. The second kappa shape index (κ2) is 8.16. The lowest BCUT2D eigenvalue weighted by Crippen LogP contribution is -2.19. The molecule has 3 heterocycles. The number of primary amides is 1. The van der Waals surface area contributed by atoms with Gasteiger partial charge in [0.25, 0.3) is 11.8 Å². The number of amides is 2. The first-order chi connectivity index (χ1) is 15.5. The summed E-state index contributed by atoms with van der Waals surface area (Å²) in [5.74, 6) is -0.234. The first-order valence-corrected chi connectivity index (χ1v) is 11.4. The molecule has 0 radical (unpaired) electrons. The Morgan fingerprint density at radius 1 is 1.19 bits per heavy atom. The van der Waals surface area contributed by atoms with Gasteiger partial charge in [-0.25, -0.2) is 4.98 Å². The Kier molecular flexibility index (Phi) is 5.19. The Bertz CT molecular complexity index is 1350. The van der Waals surface area contributed by atoms with Crippen LogP contribution >= 0.6 is 11.3 Å². The molecule has 0 saturated carbocycles. The third kappa shape index (κ3) is 3.65. The van der Waals surface area contributed by atoms with Gasteiger partial charge in [0.2, 0.25) is 0 Å². The molecule has 1 atom stereocenters. The van der Waals surface area contributed by atoms with Crippen molar-refractivity contribution in [2.24, 2.45) is 11.7 Å². The van der Waals surface area contributed by atoms with Crippen molar-refractivity contribution in [2.45, 2.75) is 26.2 Å². The summed E-state index contributed by atoms with van der Waals surface area (Å²) in [6, 6.07) is 13.0. The molecule has 0 fully saturated rings. The van der Waals surface area contributed by atoms with Gasteiger partial charge in [-0.05, 0) is 55.0 Å². The fourth-order valence-corrected chi connectivity index (χ4v) is 5.71. The lowest BCUT2D eigenvalue weighted by Gasteiger charge is -2.18. The Morgan fingerprint density at radius 3 is 2.81 bits per heavy atom. The normalized spacial score (nSPS) is 15.3. The van der Waals surface area contributed by atoms with Crippen LogP contribution in [0.15, 0.2) is 54.9 Å². The molecule has 4 aromatic rings. The fourth-order valence-electron chi connectivity index (χ4n) is 4.30. The molecule has 6 nitrogen and oxygen atoms in total. The van der Waals surface area contributed by atoms with Gasteiger partial charge < -0.3 is 11.1 Å². The third-order valence-electron chi connectivity index (χ3n) is 5.90. The SMILES string of the molecule is CC1CCc2c(sc(NC(=O)c3cc(-c4cccnc4)nc4ccccc34)c2C(N)=O)C1. The van der Waals surface area contributed by atoms with Gasteiger partial charge in [0.15, 0.2) is 0 Å². The number of rotatable bonds is 4. The van der Waals surface area contributed by atoms with E-state index in [4.69, 9.17) is 10.7 Å². The van der Waals surface area contributed by atoms with E-state index in [-0.39, 0.29) is 5.91 Å². The van der Waals surface area contributed by atoms with Gasteiger partial charge in [-0.1, -0.05) is 25.1 Å². The molecule has 2 amide bonds. The molecule has 1 aromatic carbocycles. The Morgan fingerprint density at radius 2 is 2.03 bits per heavy atom. The van der Waals surface area contributed by atoms with Crippen LogP contribution in [0.25, 0.3) is 22.2 Å². The van der Waals surface area contributed by atoms with Gasteiger partial charge in [0.1, 0.15) is 5.00 Å². The average molecular weight is 443 g/mol. The summed E-state index contributed by atoms with van der Waals surface area (Å²) in [7, 11) is 0. The summed E-state index contributed by atoms with van der Waals surface area (Å²) < 4.78 is 0. The number of carbonyl (C=O) groups excluding carboxylic acids is 2. The van der Waals surface area contributed by atoms with E-state index in [9.17, 15) is 9.59 Å². The largest absolute Gasteiger partial charge is 0.365 e. The van der Waals surface area contributed by atoms with E-state index < -0.39 is 5.91 Å². The number of para-hydroxylation sites is 1. The molecule has 0 aliphatic heterocycles. The number of nitrogens with zero attached hydrogens (tertiary/aromatic N) is 2. The molecule has 3 N–H and O–H groups in total. The number of anilines is 1. The number of nitrogens with one attached hydrogen (secondary N) is 1. The molecule has 5 rings (SSSR count). The van der Waals surface area contributed by atoms with Gasteiger partial charge in [0.05, 0.1) is 22.3 Å². The van der Waals surface area contributed by atoms with Crippen LogP contribution in [0.1, 0.15) is 44.5 Å². The summed E-state index contributed by atoms with van der Waals surface area (Å²) in [4.78, 5) is 35.8. The summed E-state index contributed by atoms with van der Waals surface area (Å²) >= 11 is 1.46. The van der Waals surface area contributed by atoms with Gasteiger partial charge >= 0.3 is 0 Å². The van der Waals surface area contributed by atoms with E-state index in [1.54, 1.807) is 18.5 Å². The number of aromatic nitrogens is 2. The second-order valence-corrected chi connectivity index (χ2v) is 9.29. The van der Waals surface area contributed by atoms with Crippen molar-refractivity contribution in [1.29, 1.82) is 0 Å². The Labute approximate surface area is 189 Å². The molecule has 0 spiro atoms. The fraction of sp³-hybridized carbons (Fsp3) is 0.200. The van der Waals surface area contributed by atoms with E-state index in [2.05, 4.69) is 17.2 Å². The topological polar surface area (TPSA) is 98.0 Å². The van der Waals surface area contributed by atoms with Crippen molar-refractivity contribution >= 4 is 39.1 Å². The van der Waals surface area contributed by atoms with E-state index in [0.29, 0.717) is 33.3 Å². The number of fused-ring (bicyclic) bond motifs is 2. The first kappa shape index (κ1) is 20.3. The number of pyridine rings is 2. The lowest BCUT2D eigenvalue weighted by atomic mass is 9.88. The Hall–Kier alpha value is -3.58. The van der Waals surface area contributed by atoms with Gasteiger partial charge in [-0.3, -0.25) is 14.6 Å². The van der Waals surface area contributed by atoms with E-state index in [1.807, 2.05) is 36.4 Å². The van der Waals surface area contributed by atoms with Crippen LogP contribution in [0.2, 0.25) is 0 Å². The van der Waals surface area contributed by atoms with Gasteiger partial charge in [0, 0.05) is 28.2 Å². The molecule has 160 valence electrons. The van der Waals surface area contributed by atoms with Crippen molar-refractivity contribution in [3.8, 4) is 11.3 Å². The predicted octanol–water partition coefficient (Wildman–Crippen LogP) is 4.83. The molecule has 0 bridgehead atoms. The zero-order chi connectivity index (χ0) is 22.2. The van der Waals surface area contributed by atoms with Crippen molar-refractivity contribution in [2.75, 3.05) is 5.32 Å². The molecule has 1 aliphatic carbocycles. The number of benzene rings is 1. The van der Waals surface area contributed by atoms with Crippen LogP contribution in [-0.2, 0) is 12.8 Å². The number of thiophene rings is 1. The average Bonchev–Trinajstić information content (AvgIpc) is 3.15. The van der Waals surface area contributed by atoms with E-state index in [1.165, 1.54) is 11.3 Å². The maximum absolute atomic E-state index is 13.5. The number of hydrogen-bond acceptors (Lipinski definition) is 5. The molecule has 0 saturated heterocycles.